The molecule has 0 radical (unpaired) electrons. The molecule has 0 atom stereocenters. The Morgan fingerprint density at radius 2 is 2.00 bits per heavy atom. The molecule has 0 saturated heterocycles. The highest BCUT2D eigenvalue weighted by Gasteiger charge is 2.12. The third-order valence-electron chi connectivity index (χ3n) is 3.00. The second-order valence-corrected chi connectivity index (χ2v) is 6.54. The summed E-state index contributed by atoms with van der Waals surface area (Å²) < 4.78 is 6.81. The first-order valence-electron chi connectivity index (χ1n) is 6.50. The molecule has 0 unspecified atom stereocenters. The zero-order valence-electron chi connectivity index (χ0n) is 11.5. The van der Waals surface area contributed by atoms with Gasteiger partial charge in [-0.1, -0.05) is 40.2 Å². The van der Waals surface area contributed by atoms with E-state index >= 15 is 0 Å². The Bertz CT molecular complexity index is 711. The maximum absolute atomic E-state index is 5.70. The lowest BCUT2D eigenvalue weighted by Gasteiger charge is -2.15. The number of nitrogens with zero attached hydrogens (tertiary/aromatic N) is 3. The first-order chi connectivity index (χ1) is 10.2. The van der Waals surface area contributed by atoms with Crippen LogP contribution >= 0.6 is 27.3 Å². The lowest BCUT2D eigenvalue weighted by atomic mass is 10.2. The molecule has 0 aliphatic carbocycles. The first-order valence-corrected chi connectivity index (χ1v) is 8.18. The van der Waals surface area contributed by atoms with Crippen LogP contribution in [-0.2, 0) is 13.1 Å². The van der Waals surface area contributed by atoms with E-state index in [4.69, 9.17) is 4.42 Å². The van der Waals surface area contributed by atoms with Crippen LogP contribution in [0.1, 0.15) is 11.5 Å². The SMILES string of the molecule is CN(Cc1nnc(-c2cccs2)o1)Cc1ccccc1Br. The van der Waals surface area contributed by atoms with Gasteiger partial charge >= 0.3 is 0 Å². The molecule has 6 heteroatoms. The molecule has 1 aromatic carbocycles. The summed E-state index contributed by atoms with van der Waals surface area (Å²) in [6, 6.07) is 12.2. The van der Waals surface area contributed by atoms with Gasteiger partial charge in [0, 0.05) is 11.0 Å². The Labute approximate surface area is 135 Å². The van der Waals surface area contributed by atoms with E-state index in [2.05, 4.69) is 37.1 Å². The smallest absolute Gasteiger partial charge is 0.257 e. The van der Waals surface area contributed by atoms with Crippen LogP contribution in [0.25, 0.3) is 10.8 Å². The average Bonchev–Trinajstić information content (AvgIpc) is 3.12. The molecule has 3 aromatic rings. The summed E-state index contributed by atoms with van der Waals surface area (Å²) in [4.78, 5) is 3.15. The second-order valence-electron chi connectivity index (χ2n) is 4.74. The van der Waals surface area contributed by atoms with Crippen molar-refractivity contribution in [1.29, 1.82) is 0 Å². The fourth-order valence-corrected chi connectivity index (χ4v) is 3.08. The molecule has 3 rings (SSSR count). The number of hydrogen-bond acceptors (Lipinski definition) is 5. The summed E-state index contributed by atoms with van der Waals surface area (Å²) >= 11 is 5.16. The third-order valence-corrected chi connectivity index (χ3v) is 4.63. The molecule has 0 bridgehead atoms. The molecule has 0 saturated carbocycles. The maximum Gasteiger partial charge on any atom is 0.257 e. The lowest BCUT2D eigenvalue weighted by Crippen LogP contribution is -2.17. The van der Waals surface area contributed by atoms with Crippen LogP contribution in [0, 0.1) is 0 Å². The molecule has 0 aliphatic rings. The van der Waals surface area contributed by atoms with Gasteiger partial charge in [0.2, 0.25) is 5.89 Å². The van der Waals surface area contributed by atoms with Crippen LogP contribution < -0.4 is 0 Å². The molecule has 0 amide bonds. The van der Waals surface area contributed by atoms with E-state index in [1.165, 1.54) is 5.56 Å². The monoisotopic (exact) mass is 363 g/mol. The molecule has 2 aromatic heterocycles. The molecule has 21 heavy (non-hydrogen) atoms. The highest BCUT2D eigenvalue weighted by molar-refractivity contribution is 9.10. The van der Waals surface area contributed by atoms with E-state index in [-0.39, 0.29) is 0 Å². The molecule has 108 valence electrons. The molecule has 0 fully saturated rings. The van der Waals surface area contributed by atoms with Gasteiger partial charge in [-0.2, -0.15) is 0 Å². The summed E-state index contributed by atoms with van der Waals surface area (Å²) in [5, 5.41) is 10.2. The first kappa shape index (κ1) is 14.4. The molecule has 0 N–H and O–H groups in total. The molecule has 0 spiro atoms. The van der Waals surface area contributed by atoms with Gasteiger partial charge in [0.1, 0.15) is 0 Å². The Morgan fingerprint density at radius 3 is 2.76 bits per heavy atom. The molecule has 2 heterocycles. The number of rotatable bonds is 5. The Balaban J connectivity index is 1.65. The van der Waals surface area contributed by atoms with E-state index < -0.39 is 0 Å². The topological polar surface area (TPSA) is 42.2 Å². The van der Waals surface area contributed by atoms with Gasteiger partial charge in [-0.15, -0.1) is 21.5 Å². The van der Waals surface area contributed by atoms with Gasteiger partial charge in [-0.25, -0.2) is 0 Å². The van der Waals surface area contributed by atoms with Gasteiger partial charge in [-0.3, -0.25) is 4.90 Å². The van der Waals surface area contributed by atoms with Crippen molar-refractivity contribution in [2.75, 3.05) is 7.05 Å². The standard InChI is InChI=1S/C15H14BrN3OS/c1-19(9-11-5-2-3-6-12(11)16)10-14-17-18-15(20-14)13-7-4-8-21-13/h2-8H,9-10H2,1H3. The van der Waals surface area contributed by atoms with Crippen molar-refractivity contribution in [2.45, 2.75) is 13.1 Å². The van der Waals surface area contributed by atoms with E-state index in [1.54, 1.807) is 11.3 Å². The summed E-state index contributed by atoms with van der Waals surface area (Å²) in [6.45, 7) is 1.44. The lowest BCUT2D eigenvalue weighted by molar-refractivity contribution is 0.282. The Morgan fingerprint density at radius 1 is 1.14 bits per heavy atom. The molecular formula is C15H14BrN3OS. The van der Waals surface area contributed by atoms with Gasteiger partial charge in [0.25, 0.3) is 5.89 Å². The zero-order valence-corrected chi connectivity index (χ0v) is 13.9. The minimum atomic E-state index is 0.592. The van der Waals surface area contributed by atoms with E-state index in [0.29, 0.717) is 18.3 Å². The van der Waals surface area contributed by atoms with Crippen molar-refractivity contribution < 1.29 is 4.42 Å². The minimum absolute atomic E-state index is 0.592. The average molecular weight is 364 g/mol. The highest BCUT2D eigenvalue weighted by atomic mass is 79.9. The Hall–Kier alpha value is -1.50. The van der Waals surface area contributed by atoms with Gasteiger partial charge in [0.05, 0.1) is 11.4 Å². The Kier molecular flexibility index (Phi) is 4.48. The van der Waals surface area contributed by atoms with Crippen LogP contribution in [0.2, 0.25) is 0 Å². The van der Waals surface area contributed by atoms with Crippen molar-refractivity contribution in [1.82, 2.24) is 15.1 Å². The summed E-state index contributed by atoms with van der Waals surface area (Å²) in [6.07, 6.45) is 0. The molecule has 4 nitrogen and oxygen atoms in total. The number of hydrogen-bond donors (Lipinski definition) is 0. The van der Waals surface area contributed by atoms with Crippen LogP contribution in [0.4, 0.5) is 0 Å². The number of aromatic nitrogens is 2. The van der Waals surface area contributed by atoms with Crippen LogP contribution in [-0.4, -0.2) is 22.1 Å². The van der Waals surface area contributed by atoms with E-state index in [1.807, 2.05) is 42.8 Å². The number of halogens is 1. The predicted octanol–water partition coefficient (Wildman–Crippen LogP) is 4.19. The van der Waals surface area contributed by atoms with E-state index in [9.17, 15) is 0 Å². The molecule has 0 aliphatic heterocycles. The van der Waals surface area contributed by atoms with Crippen molar-refractivity contribution in [3.05, 3.63) is 57.7 Å². The van der Waals surface area contributed by atoms with Gasteiger partial charge in [0.15, 0.2) is 0 Å². The summed E-state index contributed by atoms with van der Waals surface area (Å²) in [7, 11) is 2.04. The van der Waals surface area contributed by atoms with E-state index in [0.717, 1.165) is 15.9 Å². The summed E-state index contributed by atoms with van der Waals surface area (Å²) in [5.41, 5.74) is 1.23. The van der Waals surface area contributed by atoms with Crippen molar-refractivity contribution in [2.24, 2.45) is 0 Å². The van der Waals surface area contributed by atoms with Crippen LogP contribution in [0.5, 0.6) is 0 Å². The van der Waals surface area contributed by atoms with Crippen molar-refractivity contribution in [3.8, 4) is 10.8 Å². The largest absolute Gasteiger partial charge is 0.419 e. The van der Waals surface area contributed by atoms with Crippen molar-refractivity contribution in [3.63, 3.8) is 0 Å². The second kappa shape index (κ2) is 6.51. The van der Waals surface area contributed by atoms with Gasteiger partial charge in [-0.05, 0) is 30.1 Å². The fourth-order valence-electron chi connectivity index (χ4n) is 2.02. The van der Waals surface area contributed by atoms with Crippen LogP contribution in [0.3, 0.4) is 0 Å². The zero-order chi connectivity index (χ0) is 14.7. The minimum Gasteiger partial charge on any atom is -0.419 e. The number of benzene rings is 1. The quantitative estimate of drug-likeness (QED) is 0.681. The predicted molar refractivity (Wildman–Crippen MR) is 86.9 cm³/mol. The van der Waals surface area contributed by atoms with Gasteiger partial charge < -0.3 is 4.42 Å². The molecular weight excluding hydrogens is 350 g/mol. The number of thiophene rings is 1. The summed E-state index contributed by atoms with van der Waals surface area (Å²) in [5.74, 6) is 1.22. The highest BCUT2D eigenvalue weighted by Crippen LogP contribution is 2.23. The normalized spacial score (nSPS) is 11.2. The maximum atomic E-state index is 5.70. The van der Waals surface area contributed by atoms with Crippen molar-refractivity contribution >= 4 is 27.3 Å². The fraction of sp³-hybridized carbons (Fsp3) is 0.200. The van der Waals surface area contributed by atoms with Crippen LogP contribution in [0.15, 0.2) is 50.7 Å². The third kappa shape index (κ3) is 3.58.